The molecule has 2 aromatic heterocycles. The average Bonchev–Trinajstić information content (AvgIpc) is 3.58. The highest BCUT2D eigenvalue weighted by atomic mass is 32.2. The SMILES string of the molecule is COc1ccc(-c2cnc(SCC(=O)N3CCc4ccccc43)n2Cc2ccco2)cc1. The molecular weight excluding hydrogens is 422 g/mol. The Morgan fingerprint density at radius 3 is 2.75 bits per heavy atom. The van der Waals surface area contributed by atoms with Gasteiger partial charge in [0, 0.05) is 17.8 Å². The number of para-hydroxylation sites is 1. The summed E-state index contributed by atoms with van der Waals surface area (Å²) in [6.45, 7) is 1.27. The molecule has 3 heterocycles. The lowest BCUT2D eigenvalue weighted by molar-refractivity contribution is -0.116. The van der Waals surface area contributed by atoms with Gasteiger partial charge in [-0.25, -0.2) is 4.98 Å². The van der Waals surface area contributed by atoms with E-state index in [0.717, 1.165) is 46.6 Å². The minimum atomic E-state index is 0.0958. The van der Waals surface area contributed by atoms with Crippen molar-refractivity contribution in [1.29, 1.82) is 0 Å². The second-order valence-corrected chi connectivity index (χ2v) is 8.48. The molecule has 2 aromatic carbocycles. The van der Waals surface area contributed by atoms with Crippen LogP contribution in [0.5, 0.6) is 5.75 Å². The lowest BCUT2D eigenvalue weighted by Crippen LogP contribution is -2.30. The monoisotopic (exact) mass is 445 g/mol. The Balaban J connectivity index is 1.38. The molecule has 0 aliphatic carbocycles. The van der Waals surface area contributed by atoms with Crippen LogP contribution in [-0.4, -0.2) is 34.9 Å². The zero-order valence-corrected chi connectivity index (χ0v) is 18.5. The number of fused-ring (bicyclic) bond motifs is 1. The minimum absolute atomic E-state index is 0.0958. The van der Waals surface area contributed by atoms with E-state index in [1.54, 1.807) is 13.4 Å². The van der Waals surface area contributed by atoms with Gasteiger partial charge in [0.15, 0.2) is 5.16 Å². The van der Waals surface area contributed by atoms with Gasteiger partial charge < -0.3 is 18.6 Å². The van der Waals surface area contributed by atoms with Crippen molar-refractivity contribution in [3.05, 3.63) is 84.4 Å². The molecule has 1 aliphatic heterocycles. The lowest BCUT2D eigenvalue weighted by Gasteiger charge is -2.17. The number of aromatic nitrogens is 2. The van der Waals surface area contributed by atoms with Crippen LogP contribution in [-0.2, 0) is 17.8 Å². The largest absolute Gasteiger partial charge is 0.497 e. The summed E-state index contributed by atoms with van der Waals surface area (Å²) >= 11 is 1.46. The molecule has 0 radical (unpaired) electrons. The number of rotatable bonds is 7. The summed E-state index contributed by atoms with van der Waals surface area (Å²) in [6, 6.07) is 19.8. The molecule has 0 unspecified atom stereocenters. The first-order valence-electron chi connectivity index (χ1n) is 10.5. The number of nitrogens with zero attached hydrogens (tertiary/aromatic N) is 3. The van der Waals surface area contributed by atoms with Gasteiger partial charge in [-0.3, -0.25) is 4.79 Å². The third-order valence-electron chi connectivity index (χ3n) is 5.61. The summed E-state index contributed by atoms with van der Waals surface area (Å²) in [5.74, 6) is 2.06. The fourth-order valence-electron chi connectivity index (χ4n) is 3.98. The highest BCUT2D eigenvalue weighted by Gasteiger charge is 2.25. The van der Waals surface area contributed by atoms with E-state index >= 15 is 0 Å². The van der Waals surface area contributed by atoms with E-state index in [4.69, 9.17) is 9.15 Å². The number of methoxy groups -OCH3 is 1. The molecule has 0 bridgehead atoms. The predicted octanol–water partition coefficient (Wildman–Crippen LogP) is 4.88. The molecule has 1 amide bonds. The van der Waals surface area contributed by atoms with E-state index < -0.39 is 0 Å². The predicted molar refractivity (Wildman–Crippen MR) is 125 cm³/mol. The van der Waals surface area contributed by atoms with Crippen molar-refractivity contribution in [3.63, 3.8) is 0 Å². The minimum Gasteiger partial charge on any atom is -0.497 e. The molecule has 162 valence electrons. The van der Waals surface area contributed by atoms with E-state index in [-0.39, 0.29) is 5.91 Å². The molecule has 0 saturated heterocycles. The molecule has 0 atom stereocenters. The number of anilines is 1. The summed E-state index contributed by atoms with van der Waals surface area (Å²) in [6.07, 6.45) is 4.42. The fraction of sp³-hybridized carbons (Fsp3) is 0.200. The Morgan fingerprint density at radius 2 is 1.97 bits per heavy atom. The van der Waals surface area contributed by atoms with Crippen molar-refractivity contribution in [3.8, 4) is 17.0 Å². The third-order valence-corrected chi connectivity index (χ3v) is 6.59. The number of furan rings is 1. The van der Waals surface area contributed by atoms with Crippen LogP contribution in [0.3, 0.4) is 0 Å². The van der Waals surface area contributed by atoms with Crippen LogP contribution in [0, 0.1) is 0 Å². The maximum absolute atomic E-state index is 13.0. The number of hydrogen-bond donors (Lipinski definition) is 0. The van der Waals surface area contributed by atoms with Crippen LogP contribution >= 0.6 is 11.8 Å². The Kier molecular flexibility index (Phi) is 5.73. The molecule has 4 aromatic rings. The van der Waals surface area contributed by atoms with Crippen molar-refractivity contribution in [2.75, 3.05) is 24.3 Å². The zero-order chi connectivity index (χ0) is 21.9. The number of benzene rings is 2. The summed E-state index contributed by atoms with van der Waals surface area (Å²) < 4.78 is 13.0. The van der Waals surface area contributed by atoms with Crippen LogP contribution in [0.4, 0.5) is 5.69 Å². The van der Waals surface area contributed by atoms with Gasteiger partial charge in [0.25, 0.3) is 0 Å². The summed E-state index contributed by atoms with van der Waals surface area (Å²) in [7, 11) is 1.65. The zero-order valence-electron chi connectivity index (χ0n) is 17.7. The Bertz CT molecular complexity index is 1220. The van der Waals surface area contributed by atoms with Gasteiger partial charge in [0.05, 0.1) is 37.6 Å². The van der Waals surface area contributed by atoms with Crippen molar-refractivity contribution in [2.45, 2.75) is 18.1 Å². The number of carbonyl (C=O) groups excluding carboxylic acids is 1. The second-order valence-electron chi connectivity index (χ2n) is 7.53. The number of carbonyl (C=O) groups is 1. The van der Waals surface area contributed by atoms with E-state index in [9.17, 15) is 4.79 Å². The van der Waals surface area contributed by atoms with Crippen LogP contribution in [0.1, 0.15) is 11.3 Å². The molecule has 6 nitrogen and oxygen atoms in total. The smallest absolute Gasteiger partial charge is 0.237 e. The summed E-state index contributed by atoms with van der Waals surface area (Å²) in [5.41, 5.74) is 4.24. The van der Waals surface area contributed by atoms with Gasteiger partial charge in [0.1, 0.15) is 11.5 Å². The molecular formula is C25H23N3O3S. The second kappa shape index (κ2) is 8.96. The first kappa shape index (κ1) is 20.5. The number of ether oxygens (including phenoxy) is 1. The van der Waals surface area contributed by atoms with Crippen LogP contribution < -0.4 is 9.64 Å². The highest BCUT2D eigenvalue weighted by molar-refractivity contribution is 7.99. The highest BCUT2D eigenvalue weighted by Crippen LogP contribution is 2.31. The van der Waals surface area contributed by atoms with Crippen LogP contribution in [0.15, 0.2) is 82.7 Å². The number of hydrogen-bond acceptors (Lipinski definition) is 5. The van der Waals surface area contributed by atoms with Crippen molar-refractivity contribution < 1.29 is 13.9 Å². The van der Waals surface area contributed by atoms with Crippen molar-refractivity contribution >= 4 is 23.4 Å². The summed E-state index contributed by atoms with van der Waals surface area (Å²) in [4.78, 5) is 19.5. The van der Waals surface area contributed by atoms with Gasteiger partial charge in [-0.1, -0.05) is 30.0 Å². The van der Waals surface area contributed by atoms with Crippen LogP contribution in [0.25, 0.3) is 11.3 Å². The molecule has 0 fully saturated rings. The van der Waals surface area contributed by atoms with E-state index in [1.807, 2.05) is 65.7 Å². The topological polar surface area (TPSA) is 60.5 Å². The molecule has 5 rings (SSSR count). The van der Waals surface area contributed by atoms with Crippen molar-refractivity contribution in [1.82, 2.24) is 9.55 Å². The summed E-state index contributed by atoms with van der Waals surface area (Å²) in [5, 5.41) is 0.785. The van der Waals surface area contributed by atoms with Gasteiger partial charge in [-0.2, -0.15) is 0 Å². The van der Waals surface area contributed by atoms with Crippen molar-refractivity contribution in [2.24, 2.45) is 0 Å². The third kappa shape index (κ3) is 4.03. The van der Waals surface area contributed by atoms with Gasteiger partial charge >= 0.3 is 0 Å². The van der Waals surface area contributed by atoms with E-state index in [1.165, 1.54) is 17.3 Å². The Morgan fingerprint density at radius 1 is 1.12 bits per heavy atom. The van der Waals surface area contributed by atoms with E-state index in [0.29, 0.717) is 12.3 Å². The molecule has 32 heavy (non-hydrogen) atoms. The first-order chi connectivity index (χ1) is 15.7. The molecule has 7 heteroatoms. The average molecular weight is 446 g/mol. The fourth-order valence-corrected chi connectivity index (χ4v) is 4.83. The quantitative estimate of drug-likeness (QED) is 0.380. The molecule has 0 saturated carbocycles. The molecule has 1 aliphatic rings. The first-order valence-corrected chi connectivity index (χ1v) is 11.4. The van der Waals surface area contributed by atoms with Gasteiger partial charge in [-0.05, 0) is 54.4 Å². The standard InChI is InChI=1S/C25H23N3O3S/c1-30-20-10-8-19(9-11-20)23-15-26-25(28(23)16-21-6-4-14-31-21)32-17-24(29)27-13-12-18-5-2-3-7-22(18)27/h2-11,14-15H,12-13,16-17H2,1H3. The normalized spacial score (nSPS) is 12.7. The Labute approximate surface area is 190 Å². The van der Waals surface area contributed by atoms with Gasteiger partial charge in [0.2, 0.25) is 5.91 Å². The number of thioether (sulfide) groups is 1. The maximum atomic E-state index is 13.0. The number of imidazole rings is 1. The molecule has 0 N–H and O–H groups in total. The van der Waals surface area contributed by atoms with E-state index in [2.05, 4.69) is 15.6 Å². The number of amides is 1. The molecule has 0 spiro atoms. The van der Waals surface area contributed by atoms with Crippen LogP contribution in [0.2, 0.25) is 0 Å². The van der Waals surface area contributed by atoms with Gasteiger partial charge in [-0.15, -0.1) is 0 Å². The lowest BCUT2D eigenvalue weighted by atomic mass is 10.1. The Hall–Kier alpha value is -3.45. The maximum Gasteiger partial charge on any atom is 0.237 e.